The van der Waals surface area contributed by atoms with E-state index >= 15 is 0 Å². The summed E-state index contributed by atoms with van der Waals surface area (Å²) in [7, 11) is 0. The van der Waals surface area contributed by atoms with Gasteiger partial charge in [0.25, 0.3) is 0 Å². The molecule has 1 aliphatic rings. The van der Waals surface area contributed by atoms with E-state index in [1.165, 1.54) is 12.8 Å². The highest BCUT2D eigenvalue weighted by molar-refractivity contribution is 6.32. The Morgan fingerprint density at radius 2 is 2.06 bits per heavy atom. The first kappa shape index (κ1) is 11.7. The van der Waals surface area contributed by atoms with Crippen LogP contribution >= 0.6 is 11.6 Å². The summed E-state index contributed by atoms with van der Waals surface area (Å²) < 4.78 is 5.83. The fourth-order valence-electron chi connectivity index (χ4n) is 2.06. The van der Waals surface area contributed by atoms with E-state index in [-0.39, 0.29) is 0 Å². The van der Waals surface area contributed by atoms with Gasteiger partial charge < -0.3 is 9.84 Å². The van der Waals surface area contributed by atoms with E-state index in [1.807, 2.05) is 12.1 Å². The van der Waals surface area contributed by atoms with Crippen molar-refractivity contribution in [3.63, 3.8) is 0 Å². The van der Waals surface area contributed by atoms with Crippen LogP contribution in [-0.2, 0) is 0 Å². The first-order valence-corrected chi connectivity index (χ1v) is 6.19. The number of ether oxygens (including phenoxy) is 1. The molecule has 0 saturated heterocycles. The third-order valence-electron chi connectivity index (χ3n) is 3.03. The molecule has 88 valence electrons. The SMILES string of the molecule is CC(O)c1ccc(OC2CCCC2)c(Cl)c1. The highest BCUT2D eigenvalue weighted by Crippen LogP contribution is 2.31. The van der Waals surface area contributed by atoms with Crippen molar-refractivity contribution >= 4 is 11.6 Å². The van der Waals surface area contributed by atoms with Crippen LogP contribution in [0.4, 0.5) is 0 Å². The summed E-state index contributed by atoms with van der Waals surface area (Å²) in [4.78, 5) is 0. The topological polar surface area (TPSA) is 29.5 Å². The van der Waals surface area contributed by atoms with E-state index in [4.69, 9.17) is 16.3 Å². The van der Waals surface area contributed by atoms with Crippen LogP contribution in [0.5, 0.6) is 5.75 Å². The summed E-state index contributed by atoms with van der Waals surface area (Å²) in [6.45, 7) is 1.73. The summed E-state index contributed by atoms with van der Waals surface area (Å²) in [6, 6.07) is 5.49. The smallest absolute Gasteiger partial charge is 0.138 e. The van der Waals surface area contributed by atoms with Gasteiger partial charge in [-0.2, -0.15) is 0 Å². The molecule has 1 atom stereocenters. The van der Waals surface area contributed by atoms with Crippen molar-refractivity contribution < 1.29 is 9.84 Å². The first-order valence-electron chi connectivity index (χ1n) is 5.81. The summed E-state index contributed by atoms with van der Waals surface area (Å²) in [6.07, 6.45) is 4.55. The van der Waals surface area contributed by atoms with E-state index in [1.54, 1.807) is 13.0 Å². The number of rotatable bonds is 3. The van der Waals surface area contributed by atoms with E-state index < -0.39 is 6.10 Å². The van der Waals surface area contributed by atoms with Crippen molar-refractivity contribution in [3.8, 4) is 5.75 Å². The fraction of sp³-hybridized carbons (Fsp3) is 0.538. The minimum absolute atomic E-state index is 0.315. The van der Waals surface area contributed by atoms with Crippen LogP contribution in [0.1, 0.15) is 44.3 Å². The van der Waals surface area contributed by atoms with Crippen LogP contribution in [0.2, 0.25) is 5.02 Å². The molecule has 1 aliphatic carbocycles. The molecular formula is C13H17ClO2. The highest BCUT2D eigenvalue weighted by atomic mass is 35.5. The van der Waals surface area contributed by atoms with Gasteiger partial charge >= 0.3 is 0 Å². The van der Waals surface area contributed by atoms with Gasteiger partial charge in [-0.25, -0.2) is 0 Å². The van der Waals surface area contributed by atoms with E-state index in [2.05, 4.69) is 0 Å². The van der Waals surface area contributed by atoms with Gasteiger partial charge in [0.1, 0.15) is 5.75 Å². The van der Waals surface area contributed by atoms with Gasteiger partial charge in [0.2, 0.25) is 0 Å². The molecule has 0 amide bonds. The van der Waals surface area contributed by atoms with Crippen LogP contribution in [-0.4, -0.2) is 11.2 Å². The van der Waals surface area contributed by atoms with Crippen LogP contribution in [0.25, 0.3) is 0 Å². The maximum atomic E-state index is 9.42. The number of aliphatic hydroxyl groups is 1. The predicted molar refractivity (Wildman–Crippen MR) is 65.0 cm³/mol. The van der Waals surface area contributed by atoms with Gasteiger partial charge in [-0.1, -0.05) is 17.7 Å². The number of hydrogen-bond acceptors (Lipinski definition) is 2. The minimum Gasteiger partial charge on any atom is -0.489 e. The summed E-state index contributed by atoms with van der Waals surface area (Å²) in [5, 5.41) is 10.0. The van der Waals surface area contributed by atoms with Crippen LogP contribution in [0, 0.1) is 0 Å². The number of benzene rings is 1. The molecule has 1 aromatic rings. The van der Waals surface area contributed by atoms with Gasteiger partial charge in [0.05, 0.1) is 17.2 Å². The molecule has 0 aromatic heterocycles. The highest BCUT2D eigenvalue weighted by Gasteiger charge is 2.17. The van der Waals surface area contributed by atoms with Gasteiger partial charge in [-0.3, -0.25) is 0 Å². The number of hydrogen-bond donors (Lipinski definition) is 1. The van der Waals surface area contributed by atoms with E-state index in [9.17, 15) is 5.11 Å². The Balaban J connectivity index is 2.09. The van der Waals surface area contributed by atoms with Crippen molar-refractivity contribution in [2.24, 2.45) is 0 Å². The Morgan fingerprint density at radius 1 is 1.38 bits per heavy atom. The van der Waals surface area contributed by atoms with E-state index in [0.29, 0.717) is 11.1 Å². The Hall–Kier alpha value is -0.730. The molecule has 1 fully saturated rings. The van der Waals surface area contributed by atoms with Crippen LogP contribution in [0.15, 0.2) is 18.2 Å². The second-order valence-electron chi connectivity index (χ2n) is 4.39. The normalized spacial score (nSPS) is 18.7. The maximum Gasteiger partial charge on any atom is 0.138 e. The molecule has 2 rings (SSSR count). The van der Waals surface area contributed by atoms with Crippen molar-refractivity contribution in [1.82, 2.24) is 0 Å². The summed E-state index contributed by atoms with van der Waals surface area (Å²) in [5.74, 6) is 0.734. The lowest BCUT2D eigenvalue weighted by atomic mass is 10.1. The molecule has 1 unspecified atom stereocenters. The monoisotopic (exact) mass is 240 g/mol. The molecule has 0 bridgehead atoms. The molecule has 0 aliphatic heterocycles. The number of halogens is 1. The van der Waals surface area contributed by atoms with Crippen LogP contribution < -0.4 is 4.74 Å². The standard InChI is InChI=1S/C13H17ClO2/c1-9(15)10-6-7-13(12(14)8-10)16-11-4-2-3-5-11/h6-9,11,15H,2-5H2,1H3. The Bertz CT molecular complexity index is 357. The molecule has 2 nitrogen and oxygen atoms in total. The van der Waals surface area contributed by atoms with E-state index in [0.717, 1.165) is 24.2 Å². The average Bonchev–Trinajstić information content (AvgIpc) is 2.73. The largest absolute Gasteiger partial charge is 0.489 e. The van der Waals surface area contributed by atoms with Crippen molar-refractivity contribution in [1.29, 1.82) is 0 Å². The van der Waals surface area contributed by atoms with Gasteiger partial charge in [-0.05, 0) is 50.3 Å². The van der Waals surface area contributed by atoms with Gasteiger partial charge in [0, 0.05) is 0 Å². The zero-order valence-corrected chi connectivity index (χ0v) is 10.2. The molecule has 3 heteroatoms. The summed E-state index contributed by atoms with van der Waals surface area (Å²) >= 11 is 6.12. The fourth-order valence-corrected chi connectivity index (χ4v) is 2.29. The zero-order chi connectivity index (χ0) is 11.5. The maximum absolute atomic E-state index is 9.42. The Kier molecular flexibility index (Phi) is 3.72. The average molecular weight is 241 g/mol. The number of aliphatic hydroxyl groups excluding tert-OH is 1. The van der Waals surface area contributed by atoms with Crippen LogP contribution in [0.3, 0.4) is 0 Å². The first-order chi connectivity index (χ1) is 7.66. The molecule has 1 saturated carbocycles. The van der Waals surface area contributed by atoms with Crippen molar-refractivity contribution in [3.05, 3.63) is 28.8 Å². The second kappa shape index (κ2) is 5.07. The molecule has 16 heavy (non-hydrogen) atoms. The Morgan fingerprint density at radius 3 is 2.62 bits per heavy atom. The Labute approximate surface area is 101 Å². The molecule has 0 spiro atoms. The van der Waals surface area contributed by atoms with Crippen molar-refractivity contribution in [2.45, 2.75) is 44.8 Å². The third kappa shape index (κ3) is 2.69. The van der Waals surface area contributed by atoms with Gasteiger partial charge in [0.15, 0.2) is 0 Å². The molecule has 1 aromatic carbocycles. The lowest BCUT2D eigenvalue weighted by molar-refractivity contribution is 0.197. The van der Waals surface area contributed by atoms with Gasteiger partial charge in [-0.15, -0.1) is 0 Å². The molecular weight excluding hydrogens is 224 g/mol. The molecule has 0 radical (unpaired) electrons. The minimum atomic E-state index is -0.488. The summed E-state index contributed by atoms with van der Waals surface area (Å²) in [5.41, 5.74) is 0.823. The lowest BCUT2D eigenvalue weighted by Crippen LogP contribution is -2.11. The lowest BCUT2D eigenvalue weighted by Gasteiger charge is -2.15. The quantitative estimate of drug-likeness (QED) is 0.873. The third-order valence-corrected chi connectivity index (χ3v) is 3.33. The molecule has 0 heterocycles. The predicted octanol–water partition coefficient (Wildman–Crippen LogP) is 3.71. The zero-order valence-electron chi connectivity index (χ0n) is 9.45. The second-order valence-corrected chi connectivity index (χ2v) is 4.80. The van der Waals surface area contributed by atoms with Crippen molar-refractivity contribution in [2.75, 3.05) is 0 Å². The molecule has 1 N–H and O–H groups in total.